The van der Waals surface area contributed by atoms with E-state index in [4.69, 9.17) is 4.74 Å². The van der Waals surface area contributed by atoms with Crippen LogP contribution in [0.1, 0.15) is 56.6 Å². The van der Waals surface area contributed by atoms with E-state index in [0.717, 1.165) is 67.8 Å². The molecule has 1 N–H and O–H groups in total. The molecule has 168 valence electrons. The van der Waals surface area contributed by atoms with Crippen LogP contribution >= 0.6 is 0 Å². The number of likely N-dealkylation sites (tertiary alicyclic amines) is 1. The van der Waals surface area contributed by atoms with E-state index in [0.29, 0.717) is 24.4 Å². The fourth-order valence-corrected chi connectivity index (χ4v) is 6.07. The second-order valence-electron chi connectivity index (χ2n) is 10.0. The van der Waals surface area contributed by atoms with Crippen molar-refractivity contribution < 1.29 is 19.1 Å². The van der Waals surface area contributed by atoms with E-state index in [9.17, 15) is 14.4 Å². The Hall–Kier alpha value is -2.90. The van der Waals surface area contributed by atoms with Crippen LogP contribution in [0.4, 0.5) is 0 Å². The molecule has 2 aliphatic heterocycles. The molecule has 3 amide bonds. The summed E-state index contributed by atoms with van der Waals surface area (Å²) in [5.74, 6) is 0.978. The molecule has 32 heavy (non-hydrogen) atoms. The Morgan fingerprint density at radius 3 is 2.56 bits per heavy atom. The Morgan fingerprint density at radius 1 is 1.16 bits per heavy atom. The number of aromatic nitrogens is 2. The highest BCUT2D eigenvalue weighted by molar-refractivity contribution is 6.03. The molecule has 2 bridgehead atoms. The van der Waals surface area contributed by atoms with E-state index in [1.165, 1.54) is 0 Å². The fraction of sp³-hybridized carbons (Fsp3) is 0.583. The predicted molar refractivity (Wildman–Crippen MR) is 116 cm³/mol. The first kappa shape index (κ1) is 19.8. The van der Waals surface area contributed by atoms with Crippen LogP contribution in [0.15, 0.2) is 18.2 Å². The lowest BCUT2D eigenvalue weighted by Crippen LogP contribution is -2.62. The van der Waals surface area contributed by atoms with Crippen molar-refractivity contribution in [2.45, 2.75) is 57.0 Å². The first-order valence-electron chi connectivity index (χ1n) is 11.7. The smallest absolute Gasteiger partial charge is 0.235 e. The van der Waals surface area contributed by atoms with Gasteiger partial charge >= 0.3 is 0 Å². The molecule has 2 aromatic rings. The van der Waals surface area contributed by atoms with Crippen LogP contribution in [0.25, 0.3) is 10.9 Å². The van der Waals surface area contributed by atoms with Gasteiger partial charge in [-0.05, 0) is 37.7 Å². The van der Waals surface area contributed by atoms with Gasteiger partial charge in [0.25, 0.3) is 0 Å². The van der Waals surface area contributed by atoms with Crippen molar-refractivity contribution in [1.29, 1.82) is 0 Å². The summed E-state index contributed by atoms with van der Waals surface area (Å²) in [6, 6.07) is 5.83. The molecule has 8 heteroatoms. The number of fused-ring (bicyclic) bond motifs is 1. The molecule has 1 atom stereocenters. The van der Waals surface area contributed by atoms with E-state index >= 15 is 0 Å². The number of hydrogen-bond donors (Lipinski definition) is 1. The summed E-state index contributed by atoms with van der Waals surface area (Å²) in [6.07, 6.45) is 5.77. The number of amides is 3. The van der Waals surface area contributed by atoms with Crippen LogP contribution in [0.3, 0.4) is 0 Å². The minimum atomic E-state index is -0.433. The number of aryl methyl sites for hydroxylation is 1. The highest BCUT2D eigenvalue weighted by Crippen LogP contribution is 2.65. The summed E-state index contributed by atoms with van der Waals surface area (Å²) >= 11 is 0. The molecule has 1 aromatic heterocycles. The molecular weight excluding hydrogens is 408 g/mol. The van der Waals surface area contributed by atoms with Crippen molar-refractivity contribution >= 4 is 28.6 Å². The van der Waals surface area contributed by atoms with E-state index < -0.39 is 5.92 Å². The van der Waals surface area contributed by atoms with Gasteiger partial charge in [0.1, 0.15) is 17.4 Å². The molecule has 3 heterocycles. The van der Waals surface area contributed by atoms with Crippen LogP contribution in [0, 0.1) is 11.3 Å². The lowest BCUT2D eigenvalue weighted by Gasteiger charge is -2.61. The third-order valence-corrected chi connectivity index (χ3v) is 7.94. The van der Waals surface area contributed by atoms with Crippen molar-refractivity contribution in [2.75, 3.05) is 13.1 Å². The maximum Gasteiger partial charge on any atom is 0.235 e. The van der Waals surface area contributed by atoms with Gasteiger partial charge in [0.15, 0.2) is 0 Å². The number of hydrogen-bond acceptors (Lipinski definition) is 5. The average Bonchev–Trinajstić information content (AvgIpc) is 3.04. The molecule has 3 saturated carbocycles. The number of ether oxygens (including phenoxy) is 1. The van der Waals surface area contributed by atoms with E-state index in [-0.39, 0.29) is 23.3 Å². The number of piperidine rings is 2. The number of carbonyl (C=O) groups excluding carboxylic acids is 3. The molecule has 1 unspecified atom stereocenters. The van der Waals surface area contributed by atoms with Crippen molar-refractivity contribution in [3.63, 3.8) is 0 Å². The highest BCUT2D eigenvalue weighted by Gasteiger charge is 2.62. The van der Waals surface area contributed by atoms with E-state index in [2.05, 4.69) is 10.4 Å². The van der Waals surface area contributed by atoms with Gasteiger partial charge < -0.3 is 9.64 Å². The lowest BCUT2D eigenvalue weighted by molar-refractivity contribution is -0.178. The monoisotopic (exact) mass is 436 g/mol. The maximum absolute atomic E-state index is 12.8. The van der Waals surface area contributed by atoms with Crippen molar-refractivity contribution in [3.8, 4) is 5.75 Å². The second-order valence-corrected chi connectivity index (χ2v) is 10.0. The molecule has 5 fully saturated rings. The molecular formula is C24H28N4O4. The van der Waals surface area contributed by atoms with Gasteiger partial charge in [-0.1, -0.05) is 12.1 Å². The zero-order valence-electron chi connectivity index (χ0n) is 18.3. The Bertz CT molecular complexity index is 1110. The van der Waals surface area contributed by atoms with Gasteiger partial charge in [-0.15, -0.1) is 0 Å². The van der Waals surface area contributed by atoms with Gasteiger partial charge in [-0.2, -0.15) is 5.10 Å². The summed E-state index contributed by atoms with van der Waals surface area (Å²) in [6.45, 7) is 1.50. The number of carbonyl (C=O) groups is 3. The summed E-state index contributed by atoms with van der Waals surface area (Å²) in [5.41, 5.74) is 1.54. The molecule has 2 saturated heterocycles. The van der Waals surface area contributed by atoms with Gasteiger partial charge in [0.05, 0.1) is 17.0 Å². The Morgan fingerprint density at radius 2 is 1.91 bits per heavy atom. The largest absolute Gasteiger partial charge is 0.488 e. The fourth-order valence-electron chi connectivity index (χ4n) is 6.07. The highest BCUT2D eigenvalue weighted by atomic mass is 16.5. The molecule has 7 rings (SSSR count). The van der Waals surface area contributed by atoms with Gasteiger partial charge in [-0.3, -0.25) is 24.4 Å². The number of nitrogens with zero attached hydrogens (tertiary/aromatic N) is 3. The number of benzene rings is 1. The molecule has 1 aromatic carbocycles. The summed E-state index contributed by atoms with van der Waals surface area (Å²) in [4.78, 5) is 38.8. The van der Waals surface area contributed by atoms with Gasteiger partial charge in [0, 0.05) is 44.8 Å². The third-order valence-electron chi connectivity index (χ3n) is 7.94. The second kappa shape index (κ2) is 7.05. The van der Waals surface area contributed by atoms with Crippen molar-refractivity contribution in [1.82, 2.24) is 20.0 Å². The third kappa shape index (κ3) is 2.95. The minimum absolute atomic E-state index is 0.00884. The van der Waals surface area contributed by atoms with Crippen molar-refractivity contribution in [3.05, 3.63) is 23.9 Å². The summed E-state index contributed by atoms with van der Waals surface area (Å²) < 4.78 is 8.17. The standard InChI is InChI=1S/C24H28N4O4/c1-27-21-16(20(26-27)17-5-6-19(29)25-22(17)30)3-2-4-18(21)32-15-7-9-28(10-8-15)23(31)24-11-14(12-24)13-24/h2-4,14-15,17H,5-13H2,1H3,(H,25,29,30). The summed E-state index contributed by atoms with van der Waals surface area (Å²) in [7, 11) is 1.86. The van der Waals surface area contributed by atoms with Crippen molar-refractivity contribution in [2.24, 2.45) is 18.4 Å². The quantitative estimate of drug-likeness (QED) is 0.742. The van der Waals surface area contributed by atoms with Gasteiger partial charge in [0.2, 0.25) is 17.7 Å². The van der Waals surface area contributed by atoms with Crippen LogP contribution in [0.5, 0.6) is 5.75 Å². The van der Waals surface area contributed by atoms with Crippen LogP contribution in [-0.4, -0.2) is 51.6 Å². The molecule has 5 aliphatic rings. The van der Waals surface area contributed by atoms with Gasteiger partial charge in [-0.25, -0.2) is 0 Å². The first-order valence-corrected chi connectivity index (χ1v) is 11.7. The lowest BCUT2D eigenvalue weighted by atomic mass is 9.44. The number of nitrogens with one attached hydrogen (secondary N) is 1. The number of para-hydroxylation sites is 1. The molecule has 8 nitrogen and oxygen atoms in total. The molecule has 0 radical (unpaired) electrons. The Labute approximate surface area is 186 Å². The Balaban J connectivity index is 1.18. The van der Waals surface area contributed by atoms with Crippen LogP contribution in [0.2, 0.25) is 0 Å². The number of imide groups is 1. The summed E-state index contributed by atoms with van der Waals surface area (Å²) in [5, 5.41) is 7.95. The zero-order valence-corrected chi connectivity index (χ0v) is 18.3. The molecule has 0 spiro atoms. The normalized spacial score (nSPS) is 30.0. The SMILES string of the molecule is Cn1nc(C2CCC(=O)NC2=O)c2cccc(OC3CCN(C(=O)C45CC(C4)C5)CC3)c21. The first-order chi connectivity index (χ1) is 15.4. The maximum atomic E-state index is 12.8. The van der Waals surface area contributed by atoms with E-state index in [1.807, 2.05) is 30.1 Å². The predicted octanol–water partition coefficient (Wildman–Crippen LogP) is 2.26. The minimum Gasteiger partial charge on any atom is -0.488 e. The number of rotatable bonds is 4. The average molecular weight is 437 g/mol. The van der Waals surface area contributed by atoms with E-state index in [1.54, 1.807) is 4.68 Å². The van der Waals surface area contributed by atoms with Crippen LogP contribution in [-0.2, 0) is 21.4 Å². The molecule has 3 aliphatic carbocycles. The van der Waals surface area contributed by atoms with Crippen LogP contribution < -0.4 is 10.1 Å². The Kier molecular flexibility index (Phi) is 4.35. The topological polar surface area (TPSA) is 93.5 Å². The zero-order chi connectivity index (χ0) is 22.0.